The van der Waals surface area contributed by atoms with E-state index in [1.54, 1.807) is 18.3 Å². The van der Waals surface area contributed by atoms with Crippen molar-refractivity contribution in [2.45, 2.75) is 16.8 Å². The SMILES string of the molecule is Cc1csc(NC(=O)c2cccnc2Sc2ccc(Br)cc2)n1. The largest absolute Gasteiger partial charge is 0.298 e. The predicted molar refractivity (Wildman–Crippen MR) is 97.3 cm³/mol. The molecule has 1 aromatic carbocycles. The molecule has 2 heterocycles. The Morgan fingerprint density at radius 2 is 2.04 bits per heavy atom. The normalized spacial score (nSPS) is 10.5. The second-order valence-corrected chi connectivity index (χ2v) is 7.50. The Kier molecular flexibility index (Phi) is 5.09. The van der Waals surface area contributed by atoms with Gasteiger partial charge in [0.25, 0.3) is 5.91 Å². The second kappa shape index (κ2) is 7.25. The number of amides is 1. The molecule has 4 nitrogen and oxygen atoms in total. The maximum Gasteiger partial charge on any atom is 0.260 e. The fourth-order valence-electron chi connectivity index (χ4n) is 1.84. The molecule has 0 aliphatic rings. The van der Waals surface area contributed by atoms with Crippen LogP contribution < -0.4 is 5.32 Å². The highest BCUT2D eigenvalue weighted by atomic mass is 79.9. The molecule has 0 atom stereocenters. The summed E-state index contributed by atoms with van der Waals surface area (Å²) in [6.45, 7) is 1.89. The van der Waals surface area contributed by atoms with Gasteiger partial charge in [-0.25, -0.2) is 9.97 Å². The Bertz CT molecular complexity index is 833. The molecule has 2 aromatic heterocycles. The zero-order chi connectivity index (χ0) is 16.2. The molecular weight excluding hydrogens is 394 g/mol. The molecule has 7 heteroatoms. The third-order valence-electron chi connectivity index (χ3n) is 2.88. The predicted octanol–water partition coefficient (Wildman–Crippen LogP) is 5.01. The van der Waals surface area contributed by atoms with Crippen molar-refractivity contribution < 1.29 is 4.79 Å². The van der Waals surface area contributed by atoms with Crippen LogP contribution in [-0.2, 0) is 0 Å². The highest BCUT2D eigenvalue weighted by Crippen LogP contribution is 2.30. The molecule has 1 amide bonds. The third-order valence-corrected chi connectivity index (χ3v) is 5.31. The standard InChI is InChI=1S/C16H12BrN3OS2/c1-10-9-22-16(19-10)20-14(21)13-3-2-8-18-15(13)23-12-6-4-11(17)5-7-12/h2-9H,1H3,(H,19,20,21). The summed E-state index contributed by atoms with van der Waals surface area (Å²) in [7, 11) is 0. The van der Waals surface area contributed by atoms with Gasteiger partial charge in [-0.3, -0.25) is 10.1 Å². The zero-order valence-electron chi connectivity index (χ0n) is 12.1. The van der Waals surface area contributed by atoms with Crippen molar-refractivity contribution in [1.82, 2.24) is 9.97 Å². The Hall–Kier alpha value is -1.70. The van der Waals surface area contributed by atoms with Crippen LogP contribution in [0.1, 0.15) is 16.1 Å². The van der Waals surface area contributed by atoms with Crippen LogP contribution in [0.2, 0.25) is 0 Å². The highest BCUT2D eigenvalue weighted by Gasteiger charge is 2.14. The van der Waals surface area contributed by atoms with Crippen molar-refractivity contribution in [2.75, 3.05) is 5.32 Å². The summed E-state index contributed by atoms with van der Waals surface area (Å²) in [5, 5.41) is 5.98. The fourth-order valence-corrected chi connectivity index (χ4v) is 3.66. The number of hydrogen-bond donors (Lipinski definition) is 1. The number of carbonyl (C=O) groups is 1. The van der Waals surface area contributed by atoms with Gasteiger partial charge in [0.15, 0.2) is 5.13 Å². The highest BCUT2D eigenvalue weighted by molar-refractivity contribution is 9.10. The number of nitrogens with one attached hydrogen (secondary N) is 1. The van der Waals surface area contributed by atoms with Gasteiger partial charge in [-0.1, -0.05) is 27.7 Å². The monoisotopic (exact) mass is 405 g/mol. The topological polar surface area (TPSA) is 54.9 Å². The molecule has 3 aromatic rings. The zero-order valence-corrected chi connectivity index (χ0v) is 15.3. The minimum Gasteiger partial charge on any atom is -0.298 e. The lowest BCUT2D eigenvalue weighted by Crippen LogP contribution is -2.13. The van der Waals surface area contributed by atoms with E-state index in [1.807, 2.05) is 36.6 Å². The van der Waals surface area contributed by atoms with Gasteiger partial charge in [0.2, 0.25) is 0 Å². The number of nitrogens with zero attached hydrogens (tertiary/aromatic N) is 2. The minimum absolute atomic E-state index is 0.202. The van der Waals surface area contributed by atoms with Crippen LogP contribution in [0.15, 0.2) is 62.4 Å². The number of rotatable bonds is 4. The summed E-state index contributed by atoms with van der Waals surface area (Å²) in [4.78, 5) is 22.1. The number of halogens is 1. The molecule has 0 spiro atoms. The van der Waals surface area contributed by atoms with Gasteiger partial charge in [0, 0.05) is 20.9 Å². The van der Waals surface area contributed by atoms with Crippen LogP contribution in [0.3, 0.4) is 0 Å². The van der Waals surface area contributed by atoms with Crippen LogP contribution in [0.4, 0.5) is 5.13 Å². The smallest absolute Gasteiger partial charge is 0.260 e. The van der Waals surface area contributed by atoms with Crippen LogP contribution >= 0.6 is 39.0 Å². The lowest BCUT2D eigenvalue weighted by Gasteiger charge is -2.07. The van der Waals surface area contributed by atoms with E-state index in [-0.39, 0.29) is 5.91 Å². The van der Waals surface area contributed by atoms with E-state index in [2.05, 4.69) is 31.2 Å². The van der Waals surface area contributed by atoms with Crippen LogP contribution in [0, 0.1) is 6.92 Å². The van der Waals surface area contributed by atoms with Gasteiger partial charge in [0.05, 0.1) is 11.3 Å². The Labute approximate surface area is 150 Å². The van der Waals surface area contributed by atoms with Gasteiger partial charge in [-0.2, -0.15) is 0 Å². The summed E-state index contributed by atoms with van der Waals surface area (Å²) in [5.41, 5.74) is 1.43. The molecule has 0 bridgehead atoms. The van der Waals surface area contributed by atoms with Gasteiger partial charge in [-0.05, 0) is 43.3 Å². The number of carbonyl (C=O) groups excluding carboxylic acids is 1. The van der Waals surface area contributed by atoms with E-state index < -0.39 is 0 Å². The average molecular weight is 406 g/mol. The van der Waals surface area contributed by atoms with Crippen LogP contribution in [0.25, 0.3) is 0 Å². The van der Waals surface area contributed by atoms with Gasteiger partial charge >= 0.3 is 0 Å². The summed E-state index contributed by atoms with van der Waals surface area (Å²) >= 11 is 6.28. The van der Waals surface area contributed by atoms with Crippen LogP contribution in [0.5, 0.6) is 0 Å². The number of aryl methyl sites for hydroxylation is 1. The van der Waals surface area contributed by atoms with Crippen molar-refractivity contribution in [3.63, 3.8) is 0 Å². The quantitative estimate of drug-likeness (QED) is 0.662. The minimum atomic E-state index is -0.202. The lowest BCUT2D eigenvalue weighted by atomic mass is 10.3. The van der Waals surface area contributed by atoms with Crippen LogP contribution in [-0.4, -0.2) is 15.9 Å². The number of anilines is 1. The van der Waals surface area contributed by atoms with Crippen molar-refractivity contribution in [2.24, 2.45) is 0 Å². The number of aromatic nitrogens is 2. The molecule has 3 rings (SSSR count). The molecular formula is C16H12BrN3OS2. The van der Waals surface area contributed by atoms with Gasteiger partial charge in [-0.15, -0.1) is 11.3 Å². The molecule has 116 valence electrons. The number of benzene rings is 1. The molecule has 0 radical (unpaired) electrons. The van der Waals surface area contributed by atoms with Crippen molar-refractivity contribution in [3.05, 3.63) is 63.7 Å². The first-order valence-electron chi connectivity index (χ1n) is 6.74. The van der Waals surface area contributed by atoms with E-state index in [4.69, 9.17) is 0 Å². The number of hydrogen-bond acceptors (Lipinski definition) is 5. The van der Waals surface area contributed by atoms with Gasteiger partial charge < -0.3 is 0 Å². The Morgan fingerprint density at radius 1 is 1.26 bits per heavy atom. The third kappa shape index (κ3) is 4.19. The van der Waals surface area contributed by atoms with E-state index in [9.17, 15) is 4.79 Å². The van der Waals surface area contributed by atoms with Crippen molar-refractivity contribution >= 4 is 50.1 Å². The molecule has 0 aliphatic carbocycles. The maximum absolute atomic E-state index is 12.5. The number of thiazole rings is 1. The van der Waals surface area contributed by atoms with E-state index >= 15 is 0 Å². The average Bonchev–Trinajstić information content (AvgIpc) is 2.95. The first-order valence-corrected chi connectivity index (χ1v) is 9.22. The van der Waals surface area contributed by atoms with Gasteiger partial charge in [0.1, 0.15) is 5.03 Å². The summed E-state index contributed by atoms with van der Waals surface area (Å²) in [6, 6.07) is 11.4. The Morgan fingerprint density at radius 3 is 2.74 bits per heavy atom. The molecule has 0 saturated heterocycles. The second-order valence-electron chi connectivity index (χ2n) is 4.66. The van der Waals surface area contributed by atoms with E-state index in [1.165, 1.54) is 23.1 Å². The summed E-state index contributed by atoms with van der Waals surface area (Å²) in [6.07, 6.45) is 1.69. The van der Waals surface area contributed by atoms with E-state index in [0.29, 0.717) is 15.7 Å². The Balaban J connectivity index is 1.82. The van der Waals surface area contributed by atoms with E-state index in [0.717, 1.165) is 15.1 Å². The number of pyridine rings is 1. The molecule has 1 N–H and O–H groups in total. The van der Waals surface area contributed by atoms with Crippen molar-refractivity contribution in [3.8, 4) is 0 Å². The first kappa shape index (κ1) is 16.2. The maximum atomic E-state index is 12.5. The first-order chi connectivity index (χ1) is 11.1. The molecule has 23 heavy (non-hydrogen) atoms. The molecule has 0 unspecified atom stereocenters. The molecule has 0 saturated carbocycles. The molecule has 0 fully saturated rings. The van der Waals surface area contributed by atoms with Crippen molar-refractivity contribution in [1.29, 1.82) is 0 Å². The fraction of sp³-hybridized carbons (Fsp3) is 0.0625. The molecule has 0 aliphatic heterocycles. The lowest BCUT2D eigenvalue weighted by molar-refractivity contribution is 0.102. The summed E-state index contributed by atoms with van der Waals surface area (Å²) in [5.74, 6) is -0.202. The summed E-state index contributed by atoms with van der Waals surface area (Å²) < 4.78 is 1.01.